The maximum Gasteiger partial charge on any atom is 0.343 e. The number of carboxylic acids is 1. The van der Waals surface area contributed by atoms with E-state index in [1.807, 2.05) is 12.1 Å². The molecule has 0 spiro atoms. The van der Waals surface area contributed by atoms with Crippen molar-refractivity contribution in [2.75, 3.05) is 0 Å². The Morgan fingerprint density at radius 3 is 2.05 bits per heavy atom. The molecule has 0 atom stereocenters. The summed E-state index contributed by atoms with van der Waals surface area (Å²) in [5.41, 5.74) is 1.65. The fraction of sp³-hybridized carbons (Fsp3) is 0.176. The summed E-state index contributed by atoms with van der Waals surface area (Å²) >= 11 is 0. The van der Waals surface area contributed by atoms with E-state index >= 15 is 0 Å². The van der Waals surface area contributed by atoms with Gasteiger partial charge >= 0.3 is 11.9 Å². The highest BCUT2D eigenvalue weighted by Gasteiger charge is 2.10. The van der Waals surface area contributed by atoms with Gasteiger partial charge in [-0.2, -0.15) is 0 Å². The van der Waals surface area contributed by atoms with Gasteiger partial charge in [-0.15, -0.1) is 0 Å². The summed E-state index contributed by atoms with van der Waals surface area (Å²) in [4.78, 5) is 22.7. The van der Waals surface area contributed by atoms with Gasteiger partial charge < -0.3 is 9.84 Å². The predicted octanol–water partition coefficient (Wildman–Crippen LogP) is 3.56. The first-order valence-electron chi connectivity index (χ1n) is 6.74. The molecule has 0 unspecified atom stereocenters. The standard InChI is InChI=1S/C17H16O4/c1-2-3-12-4-10-15(11-5-12)21-17(20)14-8-6-13(7-9-14)16(18)19/h4-11H,2-3H2,1H3,(H,18,19). The van der Waals surface area contributed by atoms with Crippen molar-refractivity contribution >= 4 is 11.9 Å². The Morgan fingerprint density at radius 2 is 1.52 bits per heavy atom. The van der Waals surface area contributed by atoms with E-state index in [-0.39, 0.29) is 5.56 Å². The first kappa shape index (κ1) is 14.8. The summed E-state index contributed by atoms with van der Waals surface area (Å²) < 4.78 is 5.25. The Labute approximate surface area is 123 Å². The first-order chi connectivity index (χ1) is 10.1. The third-order valence-electron chi connectivity index (χ3n) is 3.04. The van der Waals surface area contributed by atoms with E-state index in [0.717, 1.165) is 12.8 Å². The lowest BCUT2D eigenvalue weighted by Crippen LogP contribution is -2.09. The van der Waals surface area contributed by atoms with E-state index in [1.165, 1.54) is 29.8 Å². The summed E-state index contributed by atoms with van der Waals surface area (Å²) in [6, 6.07) is 13.0. The van der Waals surface area contributed by atoms with Crippen LogP contribution in [0.3, 0.4) is 0 Å². The zero-order chi connectivity index (χ0) is 15.2. The minimum absolute atomic E-state index is 0.135. The highest BCUT2D eigenvalue weighted by molar-refractivity contribution is 5.93. The minimum atomic E-state index is -1.03. The molecule has 0 aliphatic heterocycles. The van der Waals surface area contributed by atoms with E-state index in [1.54, 1.807) is 12.1 Å². The highest BCUT2D eigenvalue weighted by Crippen LogP contribution is 2.15. The monoisotopic (exact) mass is 284 g/mol. The molecule has 2 rings (SSSR count). The maximum absolute atomic E-state index is 11.9. The number of ether oxygens (including phenoxy) is 1. The van der Waals surface area contributed by atoms with Gasteiger partial charge in [0.1, 0.15) is 5.75 Å². The van der Waals surface area contributed by atoms with Crippen LogP contribution in [0.15, 0.2) is 48.5 Å². The largest absolute Gasteiger partial charge is 0.478 e. The molecule has 0 saturated carbocycles. The Hall–Kier alpha value is -2.62. The van der Waals surface area contributed by atoms with Gasteiger partial charge in [0, 0.05) is 0 Å². The van der Waals surface area contributed by atoms with E-state index in [0.29, 0.717) is 11.3 Å². The van der Waals surface area contributed by atoms with Crippen molar-refractivity contribution in [2.24, 2.45) is 0 Å². The van der Waals surface area contributed by atoms with Crippen LogP contribution in [-0.4, -0.2) is 17.0 Å². The van der Waals surface area contributed by atoms with Crippen LogP contribution in [0.1, 0.15) is 39.6 Å². The normalized spacial score (nSPS) is 10.1. The molecule has 0 fully saturated rings. The zero-order valence-corrected chi connectivity index (χ0v) is 11.7. The Balaban J connectivity index is 2.05. The number of hydrogen-bond donors (Lipinski definition) is 1. The second kappa shape index (κ2) is 6.70. The molecule has 0 aromatic heterocycles. The minimum Gasteiger partial charge on any atom is -0.478 e. The van der Waals surface area contributed by atoms with Crippen molar-refractivity contribution in [1.29, 1.82) is 0 Å². The van der Waals surface area contributed by atoms with Gasteiger partial charge in [0.25, 0.3) is 0 Å². The lowest BCUT2D eigenvalue weighted by molar-refractivity contribution is 0.0691. The number of carbonyl (C=O) groups is 2. The van der Waals surface area contributed by atoms with Crippen molar-refractivity contribution < 1.29 is 19.4 Å². The molecule has 0 aliphatic carbocycles. The molecule has 0 amide bonds. The smallest absolute Gasteiger partial charge is 0.343 e. The van der Waals surface area contributed by atoms with Crippen molar-refractivity contribution in [1.82, 2.24) is 0 Å². The second-order valence-corrected chi connectivity index (χ2v) is 4.67. The number of benzene rings is 2. The summed E-state index contributed by atoms with van der Waals surface area (Å²) in [5, 5.41) is 8.80. The van der Waals surface area contributed by atoms with Crippen molar-refractivity contribution in [3.63, 3.8) is 0 Å². The Morgan fingerprint density at radius 1 is 0.952 bits per heavy atom. The Bertz CT molecular complexity index is 627. The number of carbonyl (C=O) groups excluding carboxylic acids is 1. The van der Waals surface area contributed by atoms with Gasteiger partial charge in [-0.25, -0.2) is 9.59 Å². The van der Waals surface area contributed by atoms with Crippen molar-refractivity contribution in [2.45, 2.75) is 19.8 Å². The fourth-order valence-electron chi connectivity index (χ4n) is 1.93. The quantitative estimate of drug-likeness (QED) is 0.673. The second-order valence-electron chi connectivity index (χ2n) is 4.67. The third-order valence-corrected chi connectivity index (χ3v) is 3.04. The molecular formula is C17H16O4. The lowest BCUT2D eigenvalue weighted by Gasteiger charge is -2.05. The van der Waals surface area contributed by atoms with Crippen LogP contribution in [0.2, 0.25) is 0 Å². The van der Waals surface area contributed by atoms with E-state index < -0.39 is 11.9 Å². The molecular weight excluding hydrogens is 268 g/mol. The molecule has 0 saturated heterocycles. The Kier molecular flexibility index (Phi) is 4.72. The van der Waals surface area contributed by atoms with Crippen LogP contribution in [0, 0.1) is 0 Å². The van der Waals surface area contributed by atoms with Crippen LogP contribution in [0.4, 0.5) is 0 Å². The molecule has 4 heteroatoms. The summed E-state index contributed by atoms with van der Waals surface area (Å²) in [7, 11) is 0. The van der Waals surface area contributed by atoms with Crippen LogP contribution in [0.25, 0.3) is 0 Å². The molecule has 2 aromatic carbocycles. The first-order valence-corrected chi connectivity index (χ1v) is 6.74. The molecule has 21 heavy (non-hydrogen) atoms. The van der Waals surface area contributed by atoms with Crippen molar-refractivity contribution in [3.05, 3.63) is 65.2 Å². The van der Waals surface area contributed by atoms with Gasteiger partial charge in [-0.05, 0) is 48.4 Å². The molecule has 1 N–H and O–H groups in total. The van der Waals surface area contributed by atoms with Crippen LogP contribution in [0.5, 0.6) is 5.75 Å². The zero-order valence-electron chi connectivity index (χ0n) is 11.7. The maximum atomic E-state index is 11.9. The molecule has 108 valence electrons. The molecule has 4 nitrogen and oxygen atoms in total. The van der Waals surface area contributed by atoms with E-state index in [9.17, 15) is 9.59 Å². The summed E-state index contributed by atoms with van der Waals surface area (Å²) in [5.74, 6) is -1.06. The summed E-state index contributed by atoms with van der Waals surface area (Å²) in [6.07, 6.45) is 2.06. The van der Waals surface area contributed by atoms with Gasteiger partial charge in [0.15, 0.2) is 0 Å². The molecule has 0 aliphatic rings. The fourth-order valence-corrected chi connectivity index (χ4v) is 1.93. The topological polar surface area (TPSA) is 63.6 Å². The third kappa shape index (κ3) is 3.92. The average Bonchev–Trinajstić information content (AvgIpc) is 2.49. The van der Waals surface area contributed by atoms with Crippen LogP contribution >= 0.6 is 0 Å². The number of aromatic carboxylic acids is 1. The number of carboxylic acid groups (broad SMARTS) is 1. The molecule has 0 heterocycles. The number of aryl methyl sites for hydroxylation is 1. The van der Waals surface area contributed by atoms with Crippen LogP contribution < -0.4 is 4.74 Å². The number of esters is 1. The van der Waals surface area contributed by atoms with Gasteiger partial charge in [0.2, 0.25) is 0 Å². The SMILES string of the molecule is CCCc1ccc(OC(=O)c2ccc(C(=O)O)cc2)cc1. The molecule has 2 aromatic rings. The summed E-state index contributed by atoms with van der Waals surface area (Å²) in [6.45, 7) is 2.11. The predicted molar refractivity (Wildman–Crippen MR) is 78.8 cm³/mol. The molecule has 0 bridgehead atoms. The van der Waals surface area contributed by atoms with Gasteiger partial charge in [-0.3, -0.25) is 0 Å². The number of rotatable bonds is 5. The number of hydrogen-bond acceptors (Lipinski definition) is 3. The molecule has 0 radical (unpaired) electrons. The van der Waals surface area contributed by atoms with Crippen LogP contribution in [-0.2, 0) is 6.42 Å². The lowest BCUT2D eigenvalue weighted by atomic mass is 10.1. The average molecular weight is 284 g/mol. The van der Waals surface area contributed by atoms with E-state index in [4.69, 9.17) is 9.84 Å². The van der Waals surface area contributed by atoms with E-state index in [2.05, 4.69) is 6.92 Å². The van der Waals surface area contributed by atoms with Gasteiger partial charge in [0.05, 0.1) is 11.1 Å². The van der Waals surface area contributed by atoms with Gasteiger partial charge in [-0.1, -0.05) is 25.5 Å². The van der Waals surface area contributed by atoms with Crippen molar-refractivity contribution in [3.8, 4) is 5.75 Å². The highest BCUT2D eigenvalue weighted by atomic mass is 16.5.